The van der Waals surface area contributed by atoms with Gasteiger partial charge in [-0.15, -0.1) is 0 Å². The van der Waals surface area contributed by atoms with E-state index in [1.54, 1.807) is 6.20 Å². The van der Waals surface area contributed by atoms with Gasteiger partial charge in [-0.1, -0.05) is 30.3 Å². The number of hydrogen-bond acceptors (Lipinski definition) is 3. The molecule has 0 radical (unpaired) electrons. The van der Waals surface area contributed by atoms with E-state index in [0.717, 1.165) is 38.9 Å². The van der Waals surface area contributed by atoms with Crippen LogP contribution >= 0.6 is 0 Å². The van der Waals surface area contributed by atoms with Gasteiger partial charge < -0.3 is 9.38 Å². The molecular formula is C23H13N5. The van der Waals surface area contributed by atoms with Crippen LogP contribution in [0.15, 0.2) is 73.1 Å². The number of benzene rings is 2. The van der Waals surface area contributed by atoms with Crippen LogP contribution in [0.2, 0.25) is 0 Å². The number of pyridine rings is 1. The van der Waals surface area contributed by atoms with E-state index in [1.165, 1.54) is 0 Å². The molecule has 5 rings (SSSR count). The van der Waals surface area contributed by atoms with E-state index in [4.69, 9.17) is 10.5 Å². The van der Waals surface area contributed by atoms with E-state index >= 15 is 0 Å². The maximum absolute atomic E-state index is 9.06. The molecule has 0 aliphatic carbocycles. The maximum Gasteiger partial charge on any atom is 0.159 e. The summed E-state index contributed by atoms with van der Waals surface area (Å²) in [5.41, 5.74) is 6.99. The fourth-order valence-electron chi connectivity index (χ4n) is 3.41. The zero-order chi connectivity index (χ0) is 19.1. The molecular weight excluding hydrogens is 346 g/mol. The lowest BCUT2D eigenvalue weighted by atomic mass is 10.0. The summed E-state index contributed by atoms with van der Waals surface area (Å²) >= 11 is 0. The minimum Gasteiger partial charge on any atom is -0.354 e. The first kappa shape index (κ1) is 15.9. The molecule has 0 amide bonds. The number of aromatic amines is 1. The quantitative estimate of drug-likeness (QED) is 0.487. The monoisotopic (exact) mass is 359 g/mol. The molecule has 0 spiro atoms. The summed E-state index contributed by atoms with van der Waals surface area (Å²) in [4.78, 5) is 7.62. The minimum absolute atomic E-state index is 0.408. The first-order chi connectivity index (χ1) is 13.7. The minimum atomic E-state index is 0.408. The summed E-state index contributed by atoms with van der Waals surface area (Å²) in [5, 5.41) is 19.1. The fourth-order valence-corrected chi connectivity index (χ4v) is 3.41. The molecule has 0 aliphatic rings. The second-order valence-electron chi connectivity index (χ2n) is 6.60. The van der Waals surface area contributed by atoms with Gasteiger partial charge in [0.25, 0.3) is 0 Å². The van der Waals surface area contributed by atoms with Crippen LogP contribution in [0.3, 0.4) is 0 Å². The van der Waals surface area contributed by atoms with Gasteiger partial charge in [0.2, 0.25) is 0 Å². The Morgan fingerprint density at radius 3 is 2.36 bits per heavy atom. The molecule has 130 valence electrons. The van der Waals surface area contributed by atoms with E-state index in [1.807, 2.05) is 40.9 Å². The molecule has 0 bridgehead atoms. The lowest BCUT2D eigenvalue weighted by Crippen LogP contribution is -1.86. The van der Waals surface area contributed by atoms with Crippen molar-refractivity contribution in [1.82, 2.24) is 14.4 Å². The standard InChI is InChI=1S/C23H13N5/c24-11-15-1-2-18-10-22(27-21(18)9-15)17-5-3-16(4-6-17)19-7-8-23-26-20(12-25)14-28(23)13-19/h1-10,13-14,27H. The predicted molar refractivity (Wildman–Crippen MR) is 107 cm³/mol. The highest BCUT2D eigenvalue weighted by Gasteiger charge is 2.07. The van der Waals surface area contributed by atoms with Crippen LogP contribution in [0.25, 0.3) is 38.9 Å². The van der Waals surface area contributed by atoms with Crippen LogP contribution in [0.4, 0.5) is 0 Å². The highest BCUT2D eigenvalue weighted by molar-refractivity contribution is 5.87. The van der Waals surface area contributed by atoms with Crippen molar-refractivity contribution < 1.29 is 0 Å². The molecule has 5 heteroatoms. The van der Waals surface area contributed by atoms with Crippen molar-refractivity contribution in [1.29, 1.82) is 10.5 Å². The van der Waals surface area contributed by atoms with E-state index < -0.39 is 0 Å². The number of aromatic nitrogens is 3. The molecule has 5 aromatic rings. The average molecular weight is 359 g/mol. The van der Waals surface area contributed by atoms with Crippen LogP contribution < -0.4 is 0 Å². The van der Waals surface area contributed by atoms with Crippen LogP contribution in [0.5, 0.6) is 0 Å². The molecule has 0 aliphatic heterocycles. The number of hydrogen-bond donors (Lipinski definition) is 1. The van der Waals surface area contributed by atoms with Crippen LogP contribution in [-0.4, -0.2) is 14.4 Å². The molecule has 0 saturated heterocycles. The van der Waals surface area contributed by atoms with Gasteiger partial charge in [-0.2, -0.15) is 10.5 Å². The third-order valence-electron chi connectivity index (χ3n) is 4.85. The highest BCUT2D eigenvalue weighted by Crippen LogP contribution is 2.28. The van der Waals surface area contributed by atoms with Crippen molar-refractivity contribution in [3.8, 4) is 34.5 Å². The molecule has 3 aromatic heterocycles. The van der Waals surface area contributed by atoms with Crippen molar-refractivity contribution in [2.24, 2.45) is 0 Å². The van der Waals surface area contributed by atoms with Crippen LogP contribution in [0.1, 0.15) is 11.3 Å². The average Bonchev–Trinajstić information content (AvgIpc) is 3.36. The van der Waals surface area contributed by atoms with Gasteiger partial charge in [-0.05, 0) is 47.0 Å². The summed E-state index contributed by atoms with van der Waals surface area (Å²) in [5.74, 6) is 0. The summed E-state index contributed by atoms with van der Waals surface area (Å²) in [6.45, 7) is 0. The summed E-state index contributed by atoms with van der Waals surface area (Å²) < 4.78 is 1.87. The van der Waals surface area contributed by atoms with Crippen molar-refractivity contribution in [2.75, 3.05) is 0 Å². The van der Waals surface area contributed by atoms with E-state index in [9.17, 15) is 0 Å². The lowest BCUT2D eigenvalue weighted by molar-refractivity contribution is 1.19. The molecule has 0 atom stereocenters. The number of rotatable bonds is 2. The zero-order valence-corrected chi connectivity index (χ0v) is 14.7. The highest BCUT2D eigenvalue weighted by atomic mass is 15.0. The predicted octanol–water partition coefficient (Wildman–Crippen LogP) is 4.89. The largest absolute Gasteiger partial charge is 0.354 e. The number of nitrogens with zero attached hydrogens (tertiary/aromatic N) is 4. The number of imidazole rings is 1. The first-order valence-corrected chi connectivity index (χ1v) is 8.76. The second-order valence-corrected chi connectivity index (χ2v) is 6.60. The smallest absolute Gasteiger partial charge is 0.159 e. The number of nitrogens with one attached hydrogen (secondary N) is 1. The van der Waals surface area contributed by atoms with Gasteiger partial charge in [0.1, 0.15) is 11.7 Å². The topological polar surface area (TPSA) is 80.7 Å². The SMILES string of the molecule is N#Cc1ccc2cc(-c3ccc(-c4ccc5nc(C#N)cn5c4)cc3)[nH]c2c1. The van der Waals surface area contributed by atoms with Gasteiger partial charge in [0.15, 0.2) is 5.69 Å². The van der Waals surface area contributed by atoms with E-state index in [0.29, 0.717) is 11.3 Å². The number of H-pyrrole nitrogens is 1. The molecule has 2 aromatic carbocycles. The van der Waals surface area contributed by atoms with Crippen molar-refractivity contribution in [3.05, 3.63) is 84.3 Å². The van der Waals surface area contributed by atoms with E-state index in [2.05, 4.69) is 52.4 Å². The molecule has 1 N–H and O–H groups in total. The first-order valence-electron chi connectivity index (χ1n) is 8.76. The molecule has 28 heavy (non-hydrogen) atoms. The fraction of sp³-hybridized carbons (Fsp3) is 0. The lowest BCUT2D eigenvalue weighted by Gasteiger charge is -2.04. The number of nitriles is 2. The maximum atomic E-state index is 9.06. The Morgan fingerprint density at radius 2 is 1.57 bits per heavy atom. The van der Waals surface area contributed by atoms with Crippen LogP contribution in [0, 0.1) is 22.7 Å². The van der Waals surface area contributed by atoms with Gasteiger partial charge in [-0.25, -0.2) is 4.98 Å². The molecule has 0 fully saturated rings. The molecule has 5 nitrogen and oxygen atoms in total. The second kappa shape index (κ2) is 6.12. The Balaban J connectivity index is 1.50. The normalized spacial score (nSPS) is 10.8. The van der Waals surface area contributed by atoms with Gasteiger partial charge in [-0.3, -0.25) is 0 Å². The summed E-state index contributed by atoms with van der Waals surface area (Å²) in [7, 11) is 0. The number of fused-ring (bicyclic) bond motifs is 2. The summed E-state index contributed by atoms with van der Waals surface area (Å²) in [6, 6.07) is 24.2. The Labute approximate surface area is 160 Å². The molecule has 0 unspecified atom stereocenters. The Hall–Kier alpha value is -4.35. The third kappa shape index (κ3) is 2.59. The van der Waals surface area contributed by atoms with Gasteiger partial charge in [0, 0.05) is 29.0 Å². The van der Waals surface area contributed by atoms with Gasteiger partial charge >= 0.3 is 0 Å². The third-order valence-corrected chi connectivity index (χ3v) is 4.85. The van der Waals surface area contributed by atoms with Crippen molar-refractivity contribution in [3.63, 3.8) is 0 Å². The molecule has 0 saturated carbocycles. The summed E-state index contributed by atoms with van der Waals surface area (Å²) in [6.07, 6.45) is 3.71. The van der Waals surface area contributed by atoms with Crippen molar-refractivity contribution >= 4 is 16.6 Å². The van der Waals surface area contributed by atoms with Crippen molar-refractivity contribution in [2.45, 2.75) is 0 Å². The zero-order valence-electron chi connectivity index (χ0n) is 14.7. The van der Waals surface area contributed by atoms with E-state index in [-0.39, 0.29) is 0 Å². The Bertz CT molecular complexity index is 1390. The Morgan fingerprint density at radius 1 is 0.786 bits per heavy atom. The van der Waals surface area contributed by atoms with Gasteiger partial charge in [0.05, 0.1) is 11.6 Å². The molecule has 3 heterocycles. The Kier molecular flexibility index (Phi) is 3.47. The van der Waals surface area contributed by atoms with Crippen LogP contribution in [-0.2, 0) is 0 Å².